The summed E-state index contributed by atoms with van der Waals surface area (Å²) in [5.74, 6) is 0.230. The van der Waals surface area contributed by atoms with Gasteiger partial charge in [-0.3, -0.25) is 4.79 Å². The zero-order valence-electron chi connectivity index (χ0n) is 8.19. The molecule has 1 aromatic carbocycles. The second-order valence-corrected chi connectivity index (χ2v) is 4.91. The Kier molecular flexibility index (Phi) is 2.03. The van der Waals surface area contributed by atoms with Crippen LogP contribution >= 0.6 is 11.8 Å². The highest BCUT2D eigenvalue weighted by atomic mass is 32.2. The zero-order valence-corrected chi connectivity index (χ0v) is 9.01. The topological polar surface area (TPSA) is 17.1 Å². The molecule has 3 rings (SSSR count). The van der Waals surface area contributed by atoms with Crippen molar-refractivity contribution in [1.29, 1.82) is 0 Å². The van der Waals surface area contributed by atoms with Crippen LogP contribution in [0.15, 0.2) is 51.8 Å². The van der Waals surface area contributed by atoms with Crippen LogP contribution in [0.1, 0.15) is 12.0 Å². The van der Waals surface area contributed by atoms with Gasteiger partial charge in [0.1, 0.15) is 0 Å². The lowest BCUT2D eigenvalue weighted by atomic mass is 9.96. The van der Waals surface area contributed by atoms with Gasteiger partial charge in [0.15, 0.2) is 5.78 Å². The van der Waals surface area contributed by atoms with E-state index >= 15 is 0 Å². The Bertz CT molecular complexity index is 497. The minimum Gasteiger partial charge on any atom is -0.294 e. The predicted molar refractivity (Wildman–Crippen MR) is 61.8 cm³/mol. The summed E-state index contributed by atoms with van der Waals surface area (Å²) in [4.78, 5) is 13.9. The van der Waals surface area contributed by atoms with E-state index in [4.69, 9.17) is 0 Å². The van der Waals surface area contributed by atoms with Crippen molar-refractivity contribution >= 4 is 17.5 Å². The Balaban J connectivity index is 2.02. The molecule has 0 atom stereocenters. The predicted octanol–water partition coefficient (Wildman–Crippen LogP) is 3.12. The molecule has 0 unspecified atom stereocenters. The van der Waals surface area contributed by atoms with Crippen LogP contribution in [-0.2, 0) is 11.2 Å². The number of hydrogen-bond acceptors (Lipinski definition) is 2. The number of carbonyl (C=O) groups is 1. The Hall–Kier alpha value is -1.28. The standard InChI is InChI=1S/C13H10OS/c14-11-5-6-13-10(8-11)7-9-3-1-2-4-12(9)15-13/h1-6H,7-8H2. The molecule has 0 saturated carbocycles. The van der Waals surface area contributed by atoms with Crippen molar-refractivity contribution in [1.82, 2.24) is 0 Å². The van der Waals surface area contributed by atoms with Crippen molar-refractivity contribution in [3.63, 3.8) is 0 Å². The third-order valence-electron chi connectivity index (χ3n) is 2.75. The Morgan fingerprint density at radius 1 is 1.07 bits per heavy atom. The van der Waals surface area contributed by atoms with Crippen molar-refractivity contribution in [3.05, 3.63) is 52.5 Å². The van der Waals surface area contributed by atoms with Gasteiger partial charge < -0.3 is 0 Å². The smallest absolute Gasteiger partial charge is 0.159 e. The molecule has 0 amide bonds. The van der Waals surface area contributed by atoms with Crippen molar-refractivity contribution in [2.24, 2.45) is 0 Å². The largest absolute Gasteiger partial charge is 0.294 e. The van der Waals surface area contributed by atoms with Crippen molar-refractivity contribution < 1.29 is 4.79 Å². The van der Waals surface area contributed by atoms with Gasteiger partial charge in [0.25, 0.3) is 0 Å². The first-order chi connectivity index (χ1) is 7.33. The molecule has 1 aliphatic carbocycles. The molecule has 0 N–H and O–H groups in total. The van der Waals surface area contributed by atoms with Crippen LogP contribution in [-0.4, -0.2) is 5.78 Å². The summed E-state index contributed by atoms with van der Waals surface area (Å²) in [5.41, 5.74) is 2.63. The van der Waals surface area contributed by atoms with Gasteiger partial charge in [0.05, 0.1) is 0 Å². The second kappa shape index (κ2) is 3.38. The molecule has 0 spiro atoms. The zero-order chi connectivity index (χ0) is 10.3. The fraction of sp³-hybridized carbons (Fsp3) is 0.154. The summed E-state index contributed by atoms with van der Waals surface area (Å²) in [6.07, 6.45) is 5.20. The van der Waals surface area contributed by atoms with Gasteiger partial charge in [-0.05, 0) is 35.8 Å². The van der Waals surface area contributed by atoms with Crippen LogP contribution < -0.4 is 0 Å². The summed E-state index contributed by atoms with van der Waals surface area (Å²) in [5, 5.41) is 0. The minimum absolute atomic E-state index is 0.230. The molecule has 1 aliphatic heterocycles. The van der Waals surface area contributed by atoms with E-state index in [9.17, 15) is 4.79 Å². The van der Waals surface area contributed by atoms with E-state index in [1.165, 1.54) is 20.9 Å². The number of carbonyl (C=O) groups excluding carboxylic acids is 1. The summed E-state index contributed by atoms with van der Waals surface area (Å²) in [6.45, 7) is 0. The minimum atomic E-state index is 0.230. The lowest BCUT2D eigenvalue weighted by molar-refractivity contribution is -0.114. The van der Waals surface area contributed by atoms with Gasteiger partial charge in [0.2, 0.25) is 0 Å². The van der Waals surface area contributed by atoms with Gasteiger partial charge in [-0.25, -0.2) is 0 Å². The molecule has 0 fully saturated rings. The maximum Gasteiger partial charge on any atom is 0.159 e. The molecular formula is C13H10OS. The number of ketones is 1. The van der Waals surface area contributed by atoms with E-state index in [2.05, 4.69) is 24.3 Å². The highest BCUT2D eigenvalue weighted by Gasteiger charge is 2.20. The molecule has 0 radical (unpaired) electrons. The van der Waals surface area contributed by atoms with E-state index in [1.807, 2.05) is 6.08 Å². The summed E-state index contributed by atoms with van der Waals surface area (Å²) in [6, 6.07) is 8.42. The van der Waals surface area contributed by atoms with Crippen molar-refractivity contribution in [2.45, 2.75) is 17.7 Å². The molecule has 15 heavy (non-hydrogen) atoms. The first kappa shape index (κ1) is 8.98. The second-order valence-electron chi connectivity index (χ2n) is 3.83. The summed E-state index contributed by atoms with van der Waals surface area (Å²) < 4.78 is 0. The number of fused-ring (bicyclic) bond motifs is 1. The fourth-order valence-electron chi connectivity index (χ4n) is 2.00. The Morgan fingerprint density at radius 3 is 2.87 bits per heavy atom. The van der Waals surface area contributed by atoms with E-state index in [1.54, 1.807) is 17.8 Å². The average Bonchev–Trinajstić information content (AvgIpc) is 2.26. The first-order valence-electron chi connectivity index (χ1n) is 5.01. The maximum absolute atomic E-state index is 11.3. The maximum atomic E-state index is 11.3. The molecule has 0 bridgehead atoms. The van der Waals surface area contributed by atoms with E-state index in [0.29, 0.717) is 6.42 Å². The van der Waals surface area contributed by atoms with Gasteiger partial charge in [-0.2, -0.15) is 0 Å². The van der Waals surface area contributed by atoms with Crippen LogP contribution in [0.5, 0.6) is 0 Å². The average molecular weight is 214 g/mol. The van der Waals surface area contributed by atoms with Crippen LogP contribution in [0.2, 0.25) is 0 Å². The molecule has 1 nitrogen and oxygen atoms in total. The lowest BCUT2D eigenvalue weighted by Gasteiger charge is -2.22. The lowest BCUT2D eigenvalue weighted by Crippen LogP contribution is -2.09. The normalized spacial score (nSPS) is 18.8. The van der Waals surface area contributed by atoms with Crippen LogP contribution in [0, 0.1) is 0 Å². The highest BCUT2D eigenvalue weighted by Crippen LogP contribution is 2.41. The van der Waals surface area contributed by atoms with E-state index in [-0.39, 0.29) is 5.78 Å². The highest BCUT2D eigenvalue weighted by molar-refractivity contribution is 8.03. The number of benzene rings is 1. The number of hydrogen-bond donors (Lipinski definition) is 0. The molecular weight excluding hydrogens is 204 g/mol. The molecule has 1 heterocycles. The fourth-order valence-corrected chi connectivity index (χ4v) is 3.08. The Labute approximate surface area is 92.9 Å². The van der Waals surface area contributed by atoms with E-state index in [0.717, 1.165) is 6.42 Å². The third kappa shape index (κ3) is 1.55. The molecule has 2 aliphatic rings. The summed E-state index contributed by atoms with van der Waals surface area (Å²) in [7, 11) is 0. The number of thioether (sulfide) groups is 1. The van der Waals surface area contributed by atoms with Gasteiger partial charge in [-0.15, -0.1) is 0 Å². The van der Waals surface area contributed by atoms with Crippen molar-refractivity contribution in [2.75, 3.05) is 0 Å². The molecule has 0 saturated heterocycles. The number of rotatable bonds is 0. The van der Waals surface area contributed by atoms with Crippen LogP contribution in [0.25, 0.3) is 0 Å². The summed E-state index contributed by atoms with van der Waals surface area (Å²) >= 11 is 1.78. The number of allylic oxidation sites excluding steroid dienone is 3. The molecule has 0 aromatic heterocycles. The van der Waals surface area contributed by atoms with Crippen molar-refractivity contribution in [3.8, 4) is 0 Å². The van der Waals surface area contributed by atoms with Gasteiger partial charge in [0, 0.05) is 16.2 Å². The van der Waals surface area contributed by atoms with E-state index < -0.39 is 0 Å². The SMILES string of the molecule is O=C1C=CC2=C(C1)Cc1ccccc1S2. The monoisotopic (exact) mass is 214 g/mol. The van der Waals surface area contributed by atoms with Gasteiger partial charge >= 0.3 is 0 Å². The third-order valence-corrected chi connectivity index (χ3v) is 4.02. The van der Waals surface area contributed by atoms with Crippen LogP contribution in [0.3, 0.4) is 0 Å². The Morgan fingerprint density at radius 2 is 1.93 bits per heavy atom. The van der Waals surface area contributed by atoms with Crippen LogP contribution in [0.4, 0.5) is 0 Å². The quantitative estimate of drug-likeness (QED) is 0.660. The molecule has 74 valence electrons. The first-order valence-corrected chi connectivity index (χ1v) is 5.83. The molecule has 2 heteroatoms. The molecule has 1 aromatic rings. The van der Waals surface area contributed by atoms with Gasteiger partial charge in [-0.1, -0.05) is 30.0 Å².